The third-order valence-corrected chi connectivity index (χ3v) is 7.27. The first kappa shape index (κ1) is 26.7. The van der Waals surface area contributed by atoms with Gasteiger partial charge in [-0.15, -0.1) is 0 Å². The lowest BCUT2D eigenvalue weighted by Crippen LogP contribution is -2.42. The van der Waals surface area contributed by atoms with Crippen LogP contribution >= 0.6 is 0 Å². The number of hydrazine groups is 1. The van der Waals surface area contributed by atoms with Gasteiger partial charge in [-0.1, -0.05) is 101 Å². The molecule has 5 heteroatoms. The Morgan fingerprint density at radius 1 is 0.676 bits per heavy atom. The largest absolute Gasteiger partial charge is 0.347 e. The average molecular weight is 500 g/mol. The molecule has 0 saturated carbocycles. The van der Waals surface area contributed by atoms with E-state index in [1.165, 1.54) is 5.56 Å². The molecule has 1 fully saturated rings. The lowest BCUT2D eigenvalue weighted by atomic mass is 10.1. The van der Waals surface area contributed by atoms with Crippen molar-refractivity contribution in [2.24, 2.45) is 0 Å². The molecule has 196 valence electrons. The minimum Gasteiger partial charge on any atom is -0.347 e. The Labute approximate surface area is 221 Å². The highest BCUT2D eigenvalue weighted by molar-refractivity contribution is 6.25. The second kappa shape index (κ2) is 13.3. The maximum absolute atomic E-state index is 13.5. The number of fused-ring (bicyclic) bond motifs is 1. The number of amides is 2. The average Bonchev–Trinajstić information content (AvgIpc) is 3.38. The van der Waals surface area contributed by atoms with Crippen molar-refractivity contribution in [1.29, 1.82) is 0 Å². The molecule has 2 heterocycles. The standard InChI is InChI=1S/C32H41N3O2/c1-3-5-7-14-21-34-31(36)29(32(37)35(34)22-15-8-6-4-2)24-27-25-33(30-19-13-12-18-28(27)30)23-20-26-16-10-9-11-17-26/h9-13,16-19,24-25H,3-8,14-15,20-23H2,1-2H3. The number of rotatable bonds is 14. The van der Waals surface area contributed by atoms with Gasteiger partial charge in [-0.2, -0.15) is 0 Å². The van der Waals surface area contributed by atoms with Gasteiger partial charge in [0, 0.05) is 42.3 Å². The summed E-state index contributed by atoms with van der Waals surface area (Å²) >= 11 is 0. The third kappa shape index (κ3) is 6.51. The number of carbonyl (C=O) groups is 2. The highest BCUT2D eigenvalue weighted by atomic mass is 16.2. The molecule has 3 aromatic rings. The van der Waals surface area contributed by atoms with Crippen molar-refractivity contribution in [3.05, 3.63) is 77.5 Å². The lowest BCUT2D eigenvalue weighted by Gasteiger charge is -2.27. The molecule has 1 aromatic heterocycles. The van der Waals surface area contributed by atoms with Crippen molar-refractivity contribution < 1.29 is 9.59 Å². The van der Waals surface area contributed by atoms with Crippen LogP contribution < -0.4 is 0 Å². The molecule has 0 spiro atoms. The van der Waals surface area contributed by atoms with E-state index < -0.39 is 0 Å². The van der Waals surface area contributed by atoms with Crippen LogP contribution in [0.4, 0.5) is 0 Å². The zero-order chi connectivity index (χ0) is 26.0. The van der Waals surface area contributed by atoms with E-state index in [1.807, 2.05) is 24.3 Å². The number of carbonyl (C=O) groups excluding carboxylic acids is 2. The molecule has 37 heavy (non-hydrogen) atoms. The number of hydrogen-bond acceptors (Lipinski definition) is 2. The molecule has 2 aromatic carbocycles. The molecule has 4 rings (SSSR count). The predicted molar refractivity (Wildman–Crippen MR) is 152 cm³/mol. The molecule has 0 N–H and O–H groups in total. The smallest absolute Gasteiger partial charge is 0.278 e. The van der Waals surface area contributed by atoms with Crippen LogP contribution in [0, 0.1) is 0 Å². The number of para-hydroxylation sites is 1. The first-order valence-corrected chi connectivity index (χ1v) is 14.1. The van der Waals surface area contributed by atoms with E-state index in [-0.39, 0.29) is 17.4 Å². The number of aryl methyl sites for hydroxylation is 2. The second-order valence-corrected chi connectivity index (χ2v) is 10.1. The van der Waals surface area contributed by atoms with Gasteiger partial charge in [-0.25, -0.2) is 10.0 Å². The number of hydrogen-bond donors (Lipinski definition) is 0. The fraction of sp³-hybridized carbons (Fsp3) is 0.438. The summed E-state index contributed by atoms with van der Waals surface area (Å²) in [6.45, 7) is 6.41. The van der Waals surface area contributed by atoms with Crippen molar-refractivity contribution in [1.82, 2.24) is 14.6 Å². The zero-order valence-corrected chi connectivity index (χ0v) is 22.5. The summed E-state index contributed by atoms with van der Waals surface area (Å²) in [5.74, 6) is -0.309. The summed E-state index contributed by atoms with van der Waals surface area (Å²) in [6.07, 6.45) is 13.4. The molecular formula is C32H41N3O2. The van der Waals surface area contributed by atoms with Crippen molar-refractivity contribution >= 4 is 28.8 Å². The molecule has 0 atom stereocenters. The van der Waals surface area contributed by atoms with E-state index in [0.29, 0.717) is 13.1 Å². The Hall–Kier alpha value is -3.34. The molecule has 0 unspecified atom stereocenters. The van der Waals surface area contributed by atoms with E-state index in [0.717, 1.165) is 80.8 Å². The molecule has 1 saturated heterocycles. The maximum atomic E-state index is 13.5. The molecule has 1 aliphatic rings. The van der Waals surface area contributed by atoms with Gasteiger partial charge < -0.3 is 4.57 Å². The second-order valence-electron chi connectivity index (χ2n) is 10.1. The molecule has 2 amide bonds. The quantitative estimate of drug-likeness (QED) is 0.136. The predicted octanol–water partition coefficient (Wildman–Crippen LogP) is 7.01. The van der Waals surface area contributed by atoms with Gasteiger partial charge in [0.25, 0.3) is 11.8 Å². The molecule has 0 radical (unpaired) electrons. The van der Waals surface area contributed by atoms with Crippen molar-refractivity contribution in [2.45, 2.75) is 78.2 Å². The fourth-order valence-corrected chi connectivity index (χ4v) is 5.16. The van der Waals surface area contributed by atoms with Crippen LogP contribution in [0.2, 0.25) is 0 Å². The van der Waals surface area contributed by atoms with Crippen LogP contribution in [0.5, 0.6) is 0 Å². The molecule has 0 bridgehead atoms. The van der Waals surface area contributed by atoms with Crippen LogP contribution in [-0.4, -0.2) is 39.5 Å². The fourth-order valence-electron chi connectivity index (χ4n) is 5.16. The summed E-state index contributed by atoms with van der Waals surface area (Å²) in [7, 11) is 0. The van der Waals surface area contributed by atoms with E-state index >= 15 is 0 Å². The van der Waals surface area contributed by atoms with E-state index in [1.54, 1.807) is 10.0 Å². The Kier molecular flexibility index (Phi) is 9.58. The highest BCUT2D eigenvalue weighted by Gasteiger charge is 2.40. The van der Waals surface area contributed by atoms with Gasteiger partial charge in [-0.05, 0) is 37.0 Å². The zero-order valence-electron chi connectivity index (χ0n) is 22.5. The van der Waals surface area contributed by atoms with Crippen molar-refractivity contribution in [3.63, 3.8) is 0 Å². The topological polar surface area (TPSA) is 45.6 Å². The molecular weight excluding hydrogens is 458 g/mol. The van der Waals surface area contributed by atoms with Gasteiger partial charge in [-0.3, -0.25) is 9.59 Å². The number of aromatic nitrogens is 1. The highest BCUT2D eigenvalue weighted by Crippen LogP contribution is 2.28. The minimum atomic E-state index is -0.155. The van der Waals surface area contributed by atoms with Gasteiger partial charge in [0.2, 0.25) is 0 Å². The Bertz CT molecular complexity index is 1180. The van der Waals surface area contributed by atoms with Gasteiger partial charge in [0.1, 0.15) is 5.57 Å². The van der Waals surface area contributed by atoms with Gasteiger partial charge in [0.15, 0.2) is 0 Å². The number of unbranched alkanes of at least 4 members (excludes halogenated alkanes) is 6. The van der Waals surface area contributed by atoms with Crippen LogP contribution in [-0.2, 0) is 22.6 Å². The minimum absolute atomic E-state index is 0.155. The Balaban J connectivity index is 1.59. The summed E-state index contributed by atoms with van der Waals surface area (Å²) in [6, 6.07) is 18.7. The Morgan fingerprint density at radius 3 is 1.89 bits per heavy atom. The molecule has 0 aliphatic carbocycles. The third-order valence-electron chi connectivity index (χ3n) is 7.27. The van der Waals surface area contributed by atoms with E-state index in [4.69, 9.17) is 0 Å². The molecule has 5 nitrogen and oxygen atoms in total. The number of nitrogens with zero attached hydrogens (tertiary/aromatic N) is 3. The van der Waals surface area contributed by atoms with Gasteiger partial charge in [0.05, 0.1) is 0 Å². The monoisotopic (exact) mass is 499 g/mol. The van der Waals surface area contributed by atoms with Crippen molar-refractivity contribution in [3.8, 4) is 0 Å². The normalized spacial score (nSPS) is 13.8. The first-order valence-electron chi connectivity index (χ1n) is 14.1. The first-order chi connectivity index (χ1) is 18.1. The van der Waals surface area contributed by atoms with Crippen LogP contribution in [0.15, 0.2) is 66.4 Å². The summed E-state index contributed by atoms with van der Waals surface area (Å²) < 4.78 is 2.24. The van der Waals surface area contributed by atoms with E-state index in [9.17, 15) is 9.59 Å². The lowest BCUT2D eigenvalue weighted by molar-refractivity contribution is -0.147. The van der Waals surface area contributed by atoms with Crippen molar-refractivity contribution in [2.75, 3.05) is 13.1 Å². The van der Waals surface area contributed by atoms with Crippen LogP contribution in [0.3, 0.4) is 0 Å². The Morgan fingerprint density at radius 2 is 1.27 bits per heavy atom. The summed E-state index contributed by atoms with van der Waals surface area (Å²) in [5, 5.41) is 4.49. The van der Waals surface area contributed by atoms with E-state index in [2.05, 4.69) is 61.0 Å². The summed E-state index contributed by atoms with van der Waals surface area (Å²) in [4.78, 5) is 27.1. The van der Waals surface area contributed by atoms with Crippen LogP contribution in [0.1, 0.15) is 76.3 Å². The molecule has 1 aliphatic heterocycles. The number of benzene rings is 2. The van der Waals surface area contributed by atoms with Gasteiger partial charge >= 0.3 is 0 Å². The maximum Gasteiger partial charge on any atom is 0.278 e. The van der Waals surface area contributed by atoms with Crippen LogP contribution in [0.25, 0.3) is 17.0 Å². The summed E-state index contributed by atoms with van der Waals surface area (Å²) in [5.41, 5.74) is 3.63. The SMILES string of the molecule is CCCCCCN1C(=O)C(=Cc2cn(CCc3ccccc3)c3ccccc23)C(=O)N1CCCCCC.